The predicted octanol–water partition coefficient (Wildman–Crippen LogP) is 5.95. The Kier molecular flexibility index (Phi) is 7.72. The van der Waals surface area contributed by atoms with Crippen molar-refractivity contribution in [3.8, 4) is 11.1 Å². The molecule has 2 aromatic carbocycles. The SMILES string of the molecule is CCN(CC)CCNC(=O)C1=C(C)CC(C=C2C(=O)Nc3cccc(-c4cccc(Br)c4)c32)=C1C. The minimum atomic E-state index is -0.113. The number of rotatable bonds is 8. The normalized spacial score (nSPS) is 16.4. The van der Waals surface area contributed by atoms with Crippen molar-refractivity contribution < 1.29 is 9.59 Å². The van der Waals surface area contributed by atoms with Crippen LogP contribution in [0.15, 0.2) is 75.3 Å². The number of likely N-dealkylation sites (N-methyl/N-ethyl adjacent to an activating group) is 1. The molecule has 1 heterocycles. The van der Waals surface area contributed by atoms with Gasteiger partial charge in [-0.3, -0.25) is 9.59 Å². The molecule has 0 atom stereocenters. The van der Waals surface area contributed by atoms with Gasteiger partial charge in [0.25, 0.3) is 11.8 Å². The zero-order valence-corrected chi connectivity index (χ0v) is 22.4. The Balaban J connectivity index is 1.63. The Morgan fingerprint density at radius 2 is 1.89 bits per heavy atom. The van der Waals surface area contributed by atoms with Gasteiger partial charge >= 0.3 is 0 Å². The van der Waals surface area contributed by atoms with Crippen molar-refractivity contribution in [2.45, 2.75) is 34.1 Å². The highest BCUT2D eigenvalue weighted by molar-refractivity contribution is 9.10. The van der Waals surface area contributed by atoms with Gasteiger partial charge in [-0.2, -0.15) is 0 Å². The fourth-order valence-corrected chi connectivity index (χ4v) is 5.32. The van der Waals surface area contributed by atoms with Gasteiger partial charge in [0.2, 0.25) is 0 Å². The first-order valence-corrected chi connectivity index (χ1v) is 13.0. The van der Waals surface area contributed by atoms with E-state index in [-0.39, 0.29) is 11.8 Å². The Bertz CT molecular complexity index is 1270. The average Bonchev–Trinajstić information content (AvgIpc) is 3.31. The number of allylic oxidation sites excluding steroid dienone is 3. The molecule has 1 aliphatic carbocycles. The molecular weight excluding hydrogens is 502 g/mol. The van der Waals surface area contributed by atoms with Gasteiger partial charge in [-0.15, -0.1) is 0 Å². The summed E-state index contributed by atoms with van der Waals surface area (Å²) in [4.78, 5) is 28.3. The van der Waals surface area contributed by atoms with Crippen molar-refractivity contribution in [2.24, 2.45) is 0 Å². The maximum absolute atomic E-state index is 13.0. The Morgan fingerprint density at radius 3 is 2.60 bits per heavy atom. The van der Waals surface area contributed by atoms with Crippen LogP contribution in [0.25, 0.3) is 16.7 Å². The van der Waals surface area contributed by atoms with E-state index in [1.807, 2.05) is 56.3 Å². The second-order valence-corrected chi connectivity index (χ2v) is 9.93. The largest absolute Gasteiger partial charge is 0.351 e. The number of halogens is 1. The lowest BCUT2D eigenvalue weighted by Crippen LogP contribution is -2.35. The first-order valence-electron chi connectivity index (χ1n) is 12.2. The minimum absolute atomic E-state index is 0.0355. The Labute approximate surface area is 216 Å². The van der Waals surface area contributed by atoms with Gasteiger partial charge in [-0.05, 0) is 79.9 Å². The van der Waals surface area contributed by atoms with Crippen LogP contribution in [0, 0.1) is 0 Å². The number of carbonyl (C=O) groups is 2. The van der Waals surface area contributed by atoms with Gasteiger partial charge in [-0.25, -0.2) is 0 Å². The lowest BCUT2D eigenvalue weighted by atomic mass is 9.93. The van der Waals surface area contributed by atoms with Crippen molar-refractivity contribution in [1.29, 1.82) is 0 Å². The maximum atomic E-state index is 13.0. The molecule has 0 radical (unpaired) electrons. The first kappa shape index (κ1) is 25.1. The summed E-state index contributed by atoms with van der Waals surface area (Å²) in [7, 11) is 0. The Morgan fingerprint density at radius 1 is 1.14 bits per heavy atom. The lowest BCUT2D eigenvalue weighted by molar-refractivity contribution is -0.117. The highest BCUT2D eigenvalue weighted by atomic mass is 79.9. The summed E-state index contributed by atoms with van der Waals surface area (Å²) < 4.78 is 0.987. The Hall–Kier alpha value is -2.96. The van der Waals surface area contributed by atoms with E-state index in [1.54, 1.807) is 0 Å². The third-order valence-electron chi connectivity index (χ3n) is 6.85. The van der Waals surface area contributed by atoms with E-state index in [0.717, 1.165) is 68.8 Å². The van der Waals surface area contributed by atoms with Gasteiger partial charge in [0.15, 0.2) is 0 Å². The molecular formula is C29H32BrN3O2. The number of nitrogens with zero attached hydrogens (tertiary/aromatic N) is 1. The number of nitrogens with one attached hydrogen (secondary N) is 2. The highest BCUT2D eigenvalue weighted by Gasteiger charge is 2.30. The summed E-state index contributed by atoms with van der Waals surface area (Å²) >= 11 is 3.56. The number of hydrogen-bond donors (Lipinski definition) is 2. The lowest BCUT2D eigenvalue weighted by Gasteiger charge is -2.18. The molecule has 1 aliphatic heterocycles. The summed E-state index contributed by atoms with van der Waals surface area (Å²) in [5, 5.41) is 6.10. The number of fused-ring (bicyclic) bond motifs is 1. The zero-order valence-electron chi connectivity index (χ0n) is 20.8. The molecule has 0 fully saturated rings. The fraction of sp³-hybridized carbons (Fsp3) is 0.310. The summed E-state index contributed by atoms with van der Waals surface area (Å²) in [5.41, 5.74) is 8.14. The van der Waals surface area contributed by atoms with Crippen LogP contribution in [0.2, 0.25) is 0 Å². The van der Waals surface area contributed by atoms with Crippen molar-refractivity contribution in [3.05, 3.63) is 80.9 Å². The van der Waals surface area contributed by atoms with Crippen molar-refractivity contribution >= 4 is 39.0 Å². The van der Waals surface area contributed by atoms with Crippen LogP contribution in [0.1, 0.15) is 39.7 Å². The van der Waals surface area contributed by atoms with E-state index in [2.05, 4.69) is 51.4 Å². The topological polar surface area (TPSA) is 61.4 Å². The van der Waals surface area contributed by atoms with Crippen molar-refractivity contribution in [2.75, 3.05) is 31.5 Å². The second-order valence-electron chi connectivity index (χ2n) is 9.02. The minimum Gasteiger partial charge on any atom is -0.351 e. The number of hydrogen-bond acceptors (Lipinski definition) is 3. The van der Waals surface area contributed by atoms with E-state index in [9.17, 15) is 9.59 Å². The van der Waals surface area contributed by atoms with E-state index >= 15 is 0 Å². The van der Waals surface area contributed by atoms with Crippen LogP contribution in [0.4, 0.5) is 5.69 Å². The summed E-state index contributed by atoms with van der Waals surface area (Å²) in [6.07, 6.45) is 2.63. The van der Waals surface area contributed by atoms with E-state index < -0.39 is 0 Å². The van der Waals surface area contributed by atoms with E-state index in [1.165, 1.54) is 0 Å². The van der Waals surface area contributed by atoms with E-state index in [4.69, 9.17) is 0 Å². The highest BCUT2D eigenvalue weighted by Crippen LogP contribution is 2.42. The number of anilines is 1. The molecule has 0 saturated heterocycles. The molecule has 6 heteroatoms. The third-order valence-corrected chi connectivity index (χ3v) is 7.35. The number of amides is 2. The molecule has 0 saturated carbocycles. The number of benzene rings is 2. The fourth-order valence-electron chi connectivity index (χ4n) is 4.92. The zero-order chi connectivity index (χ0) is 25.1. The summed E-state index contributed by atoms with van der Waals surface area (Å²) in [5.74, 6) is -0.149. The van der Waals surface area contributed by atoms with Crippen LogP contribution >= 0.6 is 15.9 Å². The van der Waals surface area contributed by atoms with Crippen molar-refractivity contribution in [3.63, 3.8) is 0 Å². The molecule has 2 aromatic rings. The van der Waals surface area contributed by atoms with Crippen LogP contribution in [-0.2, 0) is 9.59 Å². The standard InChI is InChI=1S/C29H32BrN3O2/c1-5-33(6-2)14-13-31-29(35)26-18(3)15-21(19(26)4)17-24-27-23(20-9-7-10-22(30)16-20)11-8-12-25(27)32-28(24)34/h7-12,16-17H,5-6,13-15H2,1-4H3,(H,31,35)(H,32,34). The third kappa shape index (κ3) is 5.19. The van der Waals surface area contributed by atoms with Gasteiger partial charge in [0.1, 0.15) is 0 Å². The monoisotopic (exact) mass is 533 g/mol. The summed E-state index contributed by atoms with van der Waals surface area (Å²) in [6, 6.07) is 14.0. The molecule has 2 N–H and O–H groups in total. The average molecular weight is 534 g/mol. The molecule has 0 unspecified atom stereocenters. The van der Waals surface area contributed by atoms with Crippen molar-refractivity contribution in [1.82, 2.24) is 10.2 Å². The van der Waals surface area contributed by atoms with Crippen LogP contribution in [0.3, 0.4) is 0 Å². The number of carbonyl (C=O) groups excluding carboxylic acids is 2. The van der Waals surface area contributed by atoms with Crippen LogP contribution in [-0.4, -0.2) is 42.9 Å². The molecule has 0 bridgehead atoms. The molecule has 2 amide bonds. The smallest absolute Gasteiger partial charge is 0.256 e. The van der Waals surface area contributed by atoms with Gasteiger partial charge in [0, 0.05) is 40.0 Å². The molecule has 5 nitrogen and oxygen atoms in total. The first-order chi connectivity index (χ1) is 16.8. The summed E-state index contributed by atoms with van der Waals surface area (Å²) in [6.45, 7) is 11.6. The molecule has 0 aromatic heterocycles. The quantitative estimate of drug-likeness (QED) is 0.412. The van der Waals surface area contributed by atoms with Gasteiger partial charge in [-0.1, -0.05) is 59.6 Å². The van der Waals surface area contributed by atoms with Gasteiger partial charge < -0.3 is 15.5 Å². The van der Waals surface area contributed by atoms with Gasteiger partial charge in [0.05, 0.1) is 0 Å². The molecule has 0 spiro atoms. The molecule has 182 valence electrons. The molecule has 35 heavy (non-hydrogen) atoms. The molecule has 2 aliphatic rings. The predicted molar refractivity (Wildman–Crippen MR) is 147 cm³/mol. The van der Waals surface area contributed by atoms with Crippen LogP contribution < -0.4 is 10.6 Å². The maximum Gasteiger partial charge on any atom is 0.256 e. The second kappa shape index (κ2) is 10.8. The van der Waals surface area contributed by atoms with Crippen LogP contribution in [0.5, 0.6) is 0 Å². The molecule has 4 rings (SSSR count). The van der Waals surface area contributed by atoms with E-state index in [0.29, 0.717) is 18.5 Å².